The number of carboxylic acid groups (broad SMARTS) is 3. The summed E-state index contributed by atoms with van der Waals surface area (Å²) in [6.45, 7) is 6.14. The molecule has 46 heavy (non-hydrogen) atoms. The predicted octanol–water partition coefficient (Wildman–Crippen LogP) is -2.02. The van der Waals surface area contributed by atoms with Crippen molar-refractivity contribution in [3.8, 4) is 0 Å². The van der Waals surface area contributed by atoms with Crippen molar-refractivity contribution in [3.05, 3.63) is 20.4 Å². The predicted molar refractivity (Wildman–Crippen MR) is 169 cm³/mol. The van der Waals surface area contributed by atoms with Gasteiger partial charge >= 0.3 is 17.9 Å². The molecular weight excluding hydrogens is 608 g/mol. The molecule has 1 atom stereocenters. The van der Waals surface area contributed by atoms with Crippen molar-refractivity contribution in [2.45, 2.75) is 25.8 Å². The fraction of sp³-hybridized carbons (Fsp3) is 0.724. The Bertz CT molecular complexity index is 1180. The Kier molecular flexibility index (Phi) is 18.0. The molecule has 1 aliphatic heterocycles. The minimum Gasteiger partial charge on any atom is -0.480 e. The largest absolute Gasteiger partial charge is 0.480 e. The summed E-state index contributed by atoms with van der Waals surface area (Å²) in [4.78, 5) is 77.8. The van der Waals surface area contributed by atoms with Crippen LogP contribution in [-0.2, 0) is 28.7 Å². The zero-order valence-electron chi connectivity index (χ0n) is 26.5. The van der Waals surface area contributed by atoms with Crippen LogP contribution in [0.3, 0.4) is 0 Å². The highest BCUT2D eigenvalue weighted by Gasteiger charge is 2.28. The standard InChI is InChI=1S/C29H48N6O11/c1-2-45-18-19-46-17-6-31-26-25(27(41)28(26)42)30-5-3-4-22(29(43)44)35-13-11-32(15-16-36)7-8-33(20-23(37)38)9-10-34(12-14-35)21-24(39)40/h16,22,30-31H,2-15,17-21H2,1H3,(H,37,38)(H,39,40)(H,43,44). The molecule has 0 aromatic heterocycles. The molecule has 1 aromatic rings. The van der Waals surface area contributed by atoms with Gasteiger partial charge in [-0.3, -0.25) is 43.6 Å². The van der Waals surface area contributed by atoms with Crippen molar-refractivity contribution in [2.24, 2.45) is 0 Å². The van der Waals surface area contributed by atoms with Crippen LogP contribution < -0.4 is 21.5 Å². The maximum Gasteiger partial charge on any atom is 0.320 e. The van der Waals surface area contributed by atoms with Gasteiger partial charge in [-0.15, -0.1) is 0 Å². The highest BCUT2D eigenvalue weighted by molar-refractivity contribution is 5.74. The van der Waals surface area contributed by atoms with Gasteiger partial charge in [0, 0.05) is 72.1 Å². The highest BCUT2D eigenvalue weighted by atomic mass is 16.5. The lowest BCUT2D eigenvalue weighted by Gasteiger charge is -2.35. The van der Waals surface area contributed by atoms with Gasteiger partial charge in [-0.2, -0.15) is 0 Å². The van der Waals surface area contributed by atoms with Gasteiger partial charge in [0.05, 0.1) is 39.5 Å². The van der Waals surface area contributed by atoms with Gasteiger partial charge in [0.2, 0.25) is 0 Å². The molecule has 5 N–H and O–H groups in total. The molecule has 1 aromatic carbocycles. The van der Waals surface area contributed by atoms with E-state index in [0.29, 0.717) is 59.0 Å². The number of hydrogen-bond acceptors (Lipinski definition) is 14. The number of hydrogen-bond donors (Lipinski definition) is 5. The number of aliphatic carboxylic acids is 3. The molecule has 260 valence electrons. The minimum absolute atomic E-state index is 0.0964. The van der Waals surface area contributed by atoms with Crippen molar-refractivity contribution >= 4 is 35.6 Å². The smallest absolute Gasteiger partial charge is 0.320 e. The normalized spacial score (nSPS) is 17.2. The average molecular weight is 657 g/mol. The Morgan fingerprint density at radius 3 is 1.78 bits per heavy atom. The number of aldehydes is 1. The number of ether oxygens (including phenoxy) is 2. The molecular formula is C29H48N6O11. The Balaban J connectivity index is 2.02. The number of carbonyl (C=O) groups is 4. The molecule has 1 unspecified atom stereocenters. The molecule has 17 nitrogen and oxygen atoms in total. The first kappa shape index (κ1) is 38.7. The second-order valence-electron chi connectivity index (χ2n) is 10.9. The summed E-state index contributed by atoms with van der Waals surface area (Å²) in [5, 5.41) is 34.7. The van der Waals surface area contributed by atoms with Crippen LogP contribution >= 0.6 is 0 Å². The lowest BCUT2D eigenvalue weighted by Crippen LogP contribution is -2.51. The Morgan fingerprint density at radius 2 is 1.26 bits per heavy atom. The summed E-state index contributed by atoms with van der Waals surface area (Å²) in [5.74, 6) is -3.13. The van der Waals surface area contributed by atoms with Gasteiger partial charge in [0.25, 0.3) is 10.9 Å². The van der Waals surface area contributed by atoms with Crippen molar-refractivity contribution in [1.82, 2.24) is 19.6 Å². The van der Waals surface area contributed by atoms with Crippen molar-refractivity contribution in [3.63, 3.8) is 0 Å². The fourth-order valence-corrected chi connectivity index (χ4v) is 5.16. The summed E-state index contributed by atoms with van der Waals surface area (Å²) in [6, 6.07) is -0.933. The van der Waals surface area contributed by atoms with E-state index in [1.165, 1.54) is 0 Å². The molecule has 0 spiro atoms. The van der Waals surface area contributed by atoms with Gasteiger partial charge in [0.15, 0.2) is 0 Å². The first-order chi connectivity index (χ1) is 22.1. The summed E-state index contributed by atoms with van der Waals surface area (Å²) < 4.78 is 10.6. The van der Waals surface area contributed by atoms with E-state index >= 15 is 0 Å². The lowest BCUT2D eigenvalue weighted by molar-refractivity contribution is -0.144. The van der Waals surface area contributed by atoms with Gasteiger partial charge < -0.3 is 40.2 Å². The molecule has 0 saturated carbocycles. The van der Waals surface area contributed by atoms with Crippen LogP contribution in [0.25, 0.3) is 0 Å². The summed E-state index contributed by atoms with van der Waals surface area (Å²) in [7, 11) is 0. The quantitative estimate of drug-likeness (QED) is 0.0548. The zero-order chi connectivity index (χ0) is 33.9. The van der Waals surface area contributed by atoms with Crippen molar-refractivity contribution < 1.29 is 44.0 Å². The first-order valence-electron chi connectivity index (χ1n) is 15.5. The number of carbonyl (C=O) groups excluding carboxylic acids is 1. The van der Waals surface area contributed by atoms with Crippen LogP contribution in [0, 0.1) is 0 Å². The van der Waals surface area contributed by atoms with Gasteiger partial charge in [0.1, 0.15) is 23.7 Å². The van der Waals surface area contributed by atoms with E-state index in [9.17, 15) is 44.1 Å². The third-order valence-electron chi connectivity index (χ3n) is 7.64. The van der Waals surface area contributed by atoms with Crippen molar-refractivity contribution in [1.29, 1.82) is 0 Å². The molecule has 0 amide bonds. The highest BCUT2D eigenvalue weighted by Crippen LogP contribution is 2.15. The van der Waals surface area contributed by atoms with Crippen LogP contribution in [-0.4, -0.2) is 177 Å². The van der Waals surface area contributed by atoms with Crippen LogP contribution in [0.2, 0.25) is 0 Å². The van der Waals surface area contributed by atoms with Crippen LogP contribution in [0.1, 0.15) is 19.8 Å². The number of nitrogens with zero attached hydrogens (tertiary/aromatic N) is 4. The Labute approximate surface area is 267 Å². The van der Waals surface area contributed by atoms with E-state index in [1.54, 1.807) is 14.7 Å². The van der Waals surface area contributed by atoms with E-state index in [1.807, 2.05) is 11.8 Å². The minimum atomic E-state index is -1.06. The molecule has 1 fully saturated rings. The Morgan fingerprint density at radius 1 is 0.761 bits per heavy atom. The lowest BCUT2D eigenvalue weighted by atomic mass is 10.1. The van der Waals surface area contributed by atoms with E-state index in [2.05, 4.69) is 10.6 Å². The molecule has 0 aliphatic carbocycles. The molecule has 1 aliphatic rings. The van der Waals surface area contributed by atoms with Crippen LogP contribution in [0.4, 0.5) is 11.4 Å². The molecule has 17 heteroatoms. The fourth-order valence-electron chi connectivity index (χ4n) is 5.16. The molecule has 1 heterocycles. The topological polar surface area (TPSA) is 219 Å². The van der Waals surface area contributed by atoms with Gasteiger partial charge in [-0.05, 0) is 19.8 Å². The van der Waals surface area contributed by atoms with Gasteiger partial charge in [-0.25, -0.2) is 0 Å². The SMILES string of the molecule is CCOCCOCCNc1c(NCCCC(C(=O)O)N2CCN(CC=O)CCN(CC(=O)O)CCN(CC(=O)O)CC2)c(=O)c1=O. The third kappa shape index (κ3) is 13.9. The first-order valence-corrected chi connectivity index (χ1v) is 15.5. The molecule has 0 radical (unpaired) electrons. The van der Waals surface area contributed by atoms with Crippen molar-refractivity contribution in [2.75, 3.05) is 122 Å². The van der Waals surface area contributed by atoms with E-state index in [-0.39, 0.29) is 76.7 Å². The maximum absolute atomic E-state index is 12.4. The average Bonchev–Trinajstić information content (AvgIpc) is 3.00. The monoisotopic (exact) mass is 656 g/mol. The number of rotatable bonds is 21. The van der Waals surface area contributed by atoms with Crippen LogP contribution in [0.5, 0.6) is 0 Å². The Hall–Kier alpha value is -3.48. The van der Waals surface area contributed by atoms with E-state index in [0.717, 1.165) is 6.29 Å². The second kappa shape index (κ2) is 21.3. The number of carboxylic acids is 3. The maximum atomic E-state index is 12.4. The molecule has 1 saturated heterocycles. The van der Waals surface area contributed by atoms with E-state index < -0.39 is 34.8 Å². The summed E-state index contributed by atoms with van der Waals surface area (Å²) >= 11 is 0. The second-order valence-corrected chi connectivity index (χ2v) is 10.9. The summed E-state index contributed by atoms with van der Waals surface area (Å²) in [6.07, 6.45) is 1.30. The zero-order valence-corrected chi connectivity index (χ0v) is 26.5. The van der Waals surface area contributed by atoms with Gasteiger partial charge in [-0.1, -0.05) is 0 Å². The number of anilines is 2. The molecule has 0 bridgehead atoms. The molecule has 2 rings (SSSR count). The number of nitrogens with one attached hydrogen (secondary N) is 2. The van der Waals surface area contributed by atoms with E-state index in [4.69, 9.17) is 9.47 Å². The van der Waals surface area contributed by atoms with Crippen LogP contribution in [0.15, 0.2) is 9.59 Å². The third-order valence-corrected chi connectivity index (χ3v) is 7.64. The summed E-state index contributed by atoms with van der Waals surface area (Å²) in [5.41, 5.74) is -0.944.